The average Bonchev–Trinajstić information content (AvgIpc) is 2.59. The second-order valence-electron chi connectivity index (χ2n) is 4.58. The zero-order chi connectivity index (χ0) is 15.0. The van der Waals surface area contributed by atoms with Crippen LogP contribution in [0, 0.1) is 0 Å². The number of amides is 1. The summed E-state index contributed by atoms with van der Waals surface area (Å²) in [6.45, 7) is 3.33. The third-order valence-electron chi connectivity index (χ3n) is 3.22. The van der Waals surface area contributed by atoms with Gasteiger partial charge in [0.25, 0.3) is 0 Å². The number of hydrogen-bond acceptors (Lipinski definition) is 6. The molecule has 3 rings (SSSR count). The van der Waals surface area contributed by atoms with Crippen LogP contribution in [0.25, 0.3) is 11.3 Å². The van der Waals surface area contributed by atoms with Crippen LogP contribution in [-0.4, -0.2) is 33.6 Å². The van der Waals surface area contributed by atoms with E-state index in [4.69, 9.17) is 4.74 Å². The maximum absolute atomic E-state index is 12.0. The zero-order valence-electron chi connectivity index (χ0n) is 11.9. The Morgan fingerprint density at radius 2 is 2.10 bits per heavy atom. The molecule has 0 fully saturated rings. The molecule has 0 saturated heterocycles. The number of carbonyl (C=O) groups is 1. The second-order valence-corrected chi connectivity index (χ2v) is 5.35. The lowest BCUT2D eigenvalue weighted by Crippen LogP contribution is -2.40. The van der Waals surface area contributed by atoms with E-state index in [1.54, 1.807) is 4.90 Å². The molecule has 1 aliphatic heterocycles. The number of carbonyl (C=O) groups excluding carboxylic acids is 1. The first-order valence-corrected chi connectivity index (χ1v) is 7.69. The summed E-state index contributed by atoms with van der Waals surface area (Å²) in [7, 11) is 0. The zero-order valence-corrected chi connectivity index (χ0v) is 12.7. The Balaban J connectivity index is 2.25. The maximum Gasteiger partial charge on any atom is 0.247 e. The predicted octanol–water partition coefficient (Wildman–Crippen LogP) is 2.35. The molecule has 0 N–H and O–H groups in total. The van der Waals surface area contributed by atoms with Crippen LogP contribution in [0.4, 0.5) is 5.69 Å². The number of thioether (sulfide) groups is 1. The highest BCUT2D eigenvalue weighted by molar-refractivity contribution is 7.98. The van der Waals surface area contributed by atoms with Crippen LogP contribution in [0.15, 0.2) is 29.4 Å². The van der Waals surface area contributed by atoms with E-state index in [1.165, 1.54) is 18.7 Å². The van der Waals surface area contributed by atoms with E-state index in [2.05, 4.69) is 15.2 Å². The van der Waals surface area contributed by atoms with Gasteiger partial charge in [-0.15, -0.1) is 10.2 Å². The number of para-hydroxylation sites is 1. The molecule has 2 aromatic rings. The third-order valence-corrected chi connectivity index (χ3v) is 3.76. The van der Waals surface area contributed by atoms with Gasteiger partial charge in [-0.05, 0) is 19.2 Å². The Kier molecular flexibility index (Phi) is 3.50. The van der Waals surface area contributed by atoms with Crippen LogP contribution >= 0.6 is 11.8 Å². The lowest BCUT2D eigenvalue weighted by molar-refractivity contribution is -0.118. The molecular weight excluding hydrogens is 288 g/mol. The Labute approximate surface area is 126 Å². The van der Waals surface area contributed by atoms with Gasteiger partial charge in [-0.3, -0.25) is 9.69 Å². The SMILES string of the molecule is CSc1nnc2c(n1)OC(C)N(C(C)=O)c1ccccc1-2. The second kappa shape index (κ2) is 5.33. The molecule has 0 bridgehead atoms. The van der Waals surface area contributed by atoms with Gasteiger partial charge >= 0.3 is 0 Å². The standard InChI is InChI=1S/C14H14N4O2S/c1-8(19)18-9(2)20-13-12(16-17-14(15-13)21-3)10-6-4-5-7-11(10)18/h4-7,9H,1-3H3. The van der Waals surface area contributed by atoms with Gasteiger partial charge in [-0.2, -0.15) is 4.98 Å². The van der Waals surface area contributed by atoms with Crippen molar-refractivity contribution >= 4 is 23.4 Å². The van der Waals surface area contributed by atoms with E-state index < -0.39 is 6.23 Å². The molecule has 0 spiro atoms. The van der Waals surface area contributed by atoms with E-state index in [1.807, 2.05) is 37.4 Å². The quantitative estimate of drug-likeness (QED) is 0.753. The van der Waals surface area contributed by atoms with Crippen molar-refractivity contribution in [3.05, 3.63) is 24.3 Å². The van der Waals surface area contributed by atoms with Crippen LogP contribution in [-0.2, 0) is 4.79 Å². The van der Waals surface area contributed by atoms with E-state index >= 15 is 0 Å². The van der Waals surface area contributed by atoms with E-state index in [0.717, 1.165) is 11.3 Å². The molecule has 1 aromatic carbocycles. The lowest BCUT2D eigenvalue weighted by atomic mass is 10.1. The Morgan fingerprint density at radius 3 is 2.81 bits per heavy atom. The smallest absolute Gasteiger partial charge is 0.247 e. The Morgan fingerprint density at radius 1 is 1.33 bits per heavy atom. The van der Waals surface area contributed by atoms with Crippen molar-refractivity contribution in [1.29, 1.82) is 0 Å². The first kappa shape index (κ1) is 13.8. The molecule has 0 saturated carbocycles. The van der Waals surface area contributed by atoms with Crippen molar-refractivity contribution < 1.29 is 9.53 Å². The summed E-state index contributed by atoms with van der Waals surface area (Å²) in [6, 6.07) is 7.53. The van der Waals surface area contributed by atoms with Gasteiger partial charge in [0.1, 0.15) is 0 Å². The topological polar surface area (TPSA) is 68.2 Å². The molecule has 21 heavy (non-hydrogen) atoms. The highest BCUT2D eigenvalue weighted by atomic mass is 32.2. The number of rotatable bonds is 1. The number of benzene rings is 1. The summed E-state index contributed by atoms with van der Waals surface area (Å²) in [5.74, 6) is 0.304. The van der Waals surface area contributed by atoms with E-state index in [-0.39, 0.29) is 5.91 Å². The van der Waals surface area contributed by atoms with Crippen molar-refractivity contribution in [3.8, 4) is 17.1 Å². The van der Waals surface area contributed by atoms with E-state index in [9.17, 15) is 4.79 Å². The molecule has 1 amide bonds. The number of nitrogens with zero attached hydrogens (tertiary/aromatic N) is 4. The van der Waals surface area contributed by atoms with Gasteiger partial charge in [0.05, 0.1) is 5.69 Å². The summed E-state index contributed by atoms with van der Waals surface area (Å²) < 4.78 is 5.83. The number of anilines is 1. The van der Waals surface area contributed by atoms with Crippen LogP contribution < -0.4 is 9.64 Å². The van der Waals surface area contributed by atoms with Crippen LogP contribution in [0.5, 0.6) is 5.88 Å². The molecule has 1 atom stereocenters. The van der Waals surface area contributed by atoms with Crippen LogP contribution in [0.2, 0.25) is 0 Å². The fourth-order valence-electron chi connectivity index (χ4n) is 2.36. The van der Waals surface area contributed by atoms with Gasteiger partial charge < -0.3 is 4.74 Å². The average molecular weight is 302 g/mol. The first-order valence-electron chi connectivity index (χ1n) is 6.46. The van der Waals surface area contributed by atoms with Gasteiger partial charge in [0.2, 0.25) is 16.9 Å². The molecule has 6 nitrogen and oxygen atoms in total. The van der Waals surface area contributed by atoms with Gasteiger partial charge in [0, 0.05) is 12.5 Å². The minimum atomic E-state index is -0.462. The first-order chi connectivity index (χ1) is 10.1. The van der Waals surface area contributed by atoms with Crippen LogP contribution in [0.3, 0.4) is 0 Å². The van der Waals surface area contributed by atoms with E-state index in [0.29, 0.717) is 16.7 Å². The largest absolute Gasteiger partial charge is 0.452 e. The van der Waals surface area contributed by atoms with Gasteiger partial charge in [0.15, 0.2) is 11.9 Å². The number of hydrogen-bond donors (Lipinski definition) is 0. The molecule has 7 heteroatoms. The number of ether oxygens (including phenoxy) is 1. The third kappa shape index (κ3) is 2.33. The fraction of sp³-hybridized carbons (Fsp3) is 0.286. The van der Waals surface area contributed by atoms with Crippen molar-refractivity contribution in [2.75, 3.05) is 11.2 Å². The summed E-state index contributed by atoms with van der Waals surface area (Å²) in [5.41, 5.74) is 2.10. The molecule has 2 heterocycles. The summed E-state index contributed by atoms with van der Waals surface area (Å²) in [6.07, 6.45) is 1.41. The lowest BCUT2D eigenvalue weighted by Gasteiger charge is -2.26. The minimum Gasteiger partial charge on any atom is -0.452 e. The summed E-state index contributed by atoms with van der Waals surface area (Å²) in [4.78, 5) is 17.9. The highest BCUT2D eigenvalue weighted by Crippen LogP contribution is 2.38. The van der Waals surface area contributed by atoms with Crippen molar-refractivity contribution in [1.82, 2.24) is 15.2 Å². The monoisotopic (exact) mass is 302 g/mol. The molecule has 108 valence electrons. The number of fused-ring (bicyclic) bond motifs is 3. The predicted molar refractivity (Wildman–Crippen MR) is 80.3 cm³/mol. The van der Waals surface area contributed by atoms with Crippen molar-refractivity contribution in [2.24, 2.45) is 0 Å². The normalized spacial score (nSPS) is 16.5. The minimum absolute atomic E-state index is 0.0965. The molecular formula is C14H14N4O2S. The van der Waals surface area contributed by atoms with Gasteiger partial charge in [-0.25, -0.2) is 0 Å². The molecule has 1 aliphatic rings. The summed E-state index contributed by atoms with van der Waals surface area (Å²) in [5, 5.41) is 8.82. The fourth-order valence-corrected chi connectivity index (χ4v) is 2.65. The van der Waals surface area contributed by atoms with Crippen LogP contribution in [0.1, 0.15) is 13.8 Å². The molecule has 0 radical (unpaired) electrons. The highest BCUT2D eigenvalue weighted by Gasteiger charge is 2.30. The van der Waals surface area contributed by atoms with Crippen molar-refractivity contribution in [3.63, 3.8) is 0 Å². The van der Waals surface area contributed by atoms with Gasteiger partial charge in [-0.1, -0.05) is 30.0 Å². The molecule has 1 aromatic heterocycles. The molecule has 1 unspecified atom stereocenters. The summed E-state index contributed by atoms with van der Waals surface area (Å²) >= 11 is 1.39. The molecule has 0 aliphatic carbocycles. The Bertz CT molecular complexity index is 707. The number of aromatic nitrogens is 3. The maximum atomic E-state index is 12.0. The van der Waals surface area contributed by atoms with Crippen molar-refractivity contribution in [2.45, 2.75) is 25.2 Å². The Hall–Kier alpha value is -2.15.